The quantitative estimate of drug-likeness (QED) is 0.507. The van der Waals surface area contributed by atoms with Crippen LogP contribution in [-0.2, 0) is 9.59 Å². The molecule has 3 aromatic rings. The van der Waals surface area contributed by atoms with Gasteiger partial charge in [0.2, 0.25) is 11.8 Å². The maximum Gasteiger partial charge on any atom is 0.242 e. The summed E-state index contributed by atoms with van der Waals surface area (Å²) in [5, 5.41) is 5.68. The Morgan fingerprint density at radius 3 is 2.32 bits per heavy atom. The van der Waals surface area contributed by atoms with Gasteiger partial charge in [-0.15, -0.1) is 11.8 Å². The molecule has 0 aliphatic rings. The highest BCUT2D eigenvalue weighted by Crippen LogP contribution is 2.37. The van der Waals surface area contributed by atoms with E-state index in [1.165, 1.54) is 18.7 Å². The molecule has 3 aromatic carbocycles. The van der Waals surface area contributed by atoms with Gasteiger partial charge in [-0.05, 0) is 35.9 Å². The zero-order valence-corrected chi connectivity index (χ0v) is 16.8. The number of carbonyl (C=O) groups is 2. The number of hydrogen-bond acceptors (Lipinski definition) is 3. The van der Waals surface area contributed by atoms with Crippen LogP contribution in [0, 0.1) is 0 Å². The molecule has 0 radical (unpaired) electrons. The van der Waals surface area contributed by atoms with E-state index in [0.717, 1.165) is 10.5 Å². The van der Waals surface area contributed by atoms with Gasteiger partial charge in [0.05, 0.1) is 10.7 Å². The summed E-state index contributed by atoms with van der Waals surface area (Å²) in [5.74, 6) is -0.313. The number of anilines is 2. The Morgan fingerprint density at radius 1 is 0.893 bits per heavy atom. The minimum absolute atomic E-state index is 0.141. The SMILES string of the molecule is CC(=O)Nc1cccc(SC(C(=O)Nc2ccccc2Cl)c2ccccc2)c1. The summed E-state index contributed by atoms with van der Waals surface area (Å²) in [6.45, 7) is 1.46. The third-order valence-corrected chi connectivity index (χ3v) is 5.46. The average molecular weight is 411 g/mol. The van der Waals surface area contributed by atoms with Crippen LogP contribution in [0.4, 0.5) is 11.4 Å². The van der Waals surface area contributed by atoms with Gasteiger partial charge in [0, 0.05) is 17.5 Å². The summed E-state index contributed by atoms with van der Waals surface area (Å²) in [6, 6.07) is 24.1. The van der Waals surface area contributed by atoms with Crippen LogP contribution in [0.3, 0.4) is 0 Å². The van der Waals surface area contributed by atoms with Gasteiger partial charge < -0.3 is 10.6 Å². The summed E-state index contributed by atoms with van der Waals surface area (Å²) >= 11 is 7.60. The van der Waals surface area contributed by atoms with Crippen molar-refractivity contribution in [3.63, 3.8) is 0 Å². The Hall–Kier alpha value is -2.76. The Kier molecular flexibility index (Phi) is 6.74. The third-order valence-electron chi connectivity index (χ3n) is 3.88. The highest BCUT2D eigenvalue weighted by atomic mass is 35.5. The minimum atomic E-state index is -0.481. The van der Waals surface area contributed by atoms with Gasteiger partial charge in [-0.25, -0.2) is 0 Å². The second kappa shape index (κ2) is 9.44. The van der Waals surface area contributed by atoms with Gasteiger partial charge >= 0.3 is 0 Å². The number of halogens is 1. The van der Waals surface area contributed by atoms with Crippen molar-refractivity contribution in [2.24, 2.45) is 0 Å². The first-order chi connectivity index (χ1) is 13.5. The number of para-hydroxylation sites is 1. The van der Waals surface area contributed by atoms with E-state index in [1.807, 2.05) is 66.7 Å². The second-order valence-corrected chi connectivity index (χ2v) is 7.67. The predicted octanol–water partition coefficient (Wildman–Crippen LogP) is 5.77. The zero-order valence-electron chi connectivity index (χ0n) is 15.2. The van der Waals surface area contributed by atoms with Gasteiger partial charge in [-0.1, -0.05) is 60.1 Å². The standard InChI is InChI=1S/C22H19ClN2O2S/c1-15(26)24-17-10-7-11-18(14-17)28-21(16-8-3-2-4-9-16)22(27)25-20-13-6-5-12-19(20)23/h2-14,21H,1H3,(H,24,26)(H,25,27). The van der Waals surface area contributed by atoms with E-state index >= 15 is 0 Å². The molecule has 0 bridgehead atoms. The number of thioether (sulfide) groups is 1. The van der Waals surface area contributed by atoms with Gasteiger partial charge in [-0.2, -0.15) is 0 Å². The maximum absolute atomic E-state index is 13.1. The molecule has 0 spiro atoms. The summed E-state index contributed by atoms with van der Waals surface area (Å²) in [7, 11) is 0. The van der Waals surface area contributed by atoms with Crippen LogP contribution in [0.2, 0.25) is 5.02 Å². The van der Waals surface area contributed by atoms with Crippen molar-refractivity contribution in [1.82, 2.24) is 0 Å². The summed E-state index contributed by atoms with van der Waals surface area (Å²) < 4.78 is 0. The van der Waals surface area contributed by atoms with E-state index in [9.17, 15) is 9.59 Å². The predicted molar refractivity (Wildman–Crippen MR) is 116 cm³/mol. The maximum atomic E-state index is 13.1. The molecule has 1 unspecified atom stereocenters. The molecule has 0 aliphatic carbocycles. The Bertz CT molecular complexity index is 979. The minimum Gasteiger partial charge on any atom is -0.326 e. The molecular weight excluding hydrogens is 392 g/mol. The average Bonchev–Trinajstić information content (AvgIpc) is 2.68. The molecule has 0 heterocycles. The largest absolute Gasteiger partial charge is 0.326 e. The lowest BCUT2D eigenvalue weighted by atomic mass is 10.1. The number of amides is 2. The van der Waals surface area contributed by atoms with Crippen LogP contribution in [0.25, 0.3) is 0 Å². The van der Waals surface area contributed by atoms with Crippen LogP contribution in [0.15, 0.2) is 83.8 Å². The summed E-state index contributed by atoms with van der Waals surface area (Å²) in [6.07, 6.45) is 0. The molecule has 3 rings (SSSR count). The highest BCUT2D eigenvalue weighted by molar-refractivity contribution is 8.00. The zero-order chi connectivity index (χ0) is 19.9. The van der Waals surface area contributed by atoms with E-state index in [4.69, 9.17) is 11.6 Å². The molecule has 2 amide bonds. The van der Waals surface area contributed by atoms with Crippen molar-refractivity contribution in [2.45, 2.75) is 17.1 Å². The number of benzene rings is 3. The lowest BCUT2D eigenvalue weighted by Crippen LogP contribution is -2.19. The lowest BCUT2D eigenvalue weighted by molar-refractivity contribution is -0.116. The molecule has 4 nitrogen and oxygen atoms in total. The molecule has 0 saturated carbocycles. The monoisotopic (exact) mass is 410 g/mol. The van der Waals surface area contributed by atoms with Crippen molar-refractivity contribution in [1.29, 1.82) is 0 Å². The molecule has 0 aliphatic heterocycles. The van der Waals surface area contributed by atoms with Crippen molar-refractivity contribution >= 4 is 46.6 Å². The van der Waals surface area contributed by atoms with E-state index in [0.29, 0.717) is 16.4 Å². The van der Waals surface area contributed by atoms with E-state index < -0.39 is 5.25 Å². The molecule has 0 aromatic heterocycles. The molecule has 28 heavy (non-hydrogen) atoms. The Labute approximate surface area is 173 Å². The van der Waals surface area contributed by atoms with E-state index in [2.05, 4.69) is 10.6 Å². The number of hydrogen-bond donors (Lipinski definition) is 2. The molecule has 2 N–H and O–H groups in total. The first-order valence-corrected chi connectivity index (χ1v) is 9.93. The summed E-state index contributed by atoms with van der Waals surface area (Å²) in [5.41, 5.74) is 2.14. The van der Waals surface area contributed by atoms with Gasteiger partial charge in [0.1, 0.15) is 5.25 Å². The van der Waals surface area contributed by atoms with Gasteiger partial charge in [-0.3, -0.25) is 9.59 Å². The number of rotatable bonds is 6. The second-order valence-electron chi connectivity index (χ2n) is 6.09. The molecule has 1 atom stereocenters. The topological polar surface area (TPSA) is 58.2 Å². The van der Waals surface area contributed by atoms with Crippen LogP contribution in [-0.4, -0.2) is 11.8 Å². The normalized spacial score (nSPS) is 11.5. The fourth-order valence-corrected chi connectivity index (χ4v) is 3.91. The van der Waals surface area contributed by atoms with Crippen LogP contribution < -0.4 is 10.6 Å². The first-order valence-electron chi connectivity index (χ1n) is 8.67. The van der Waals surface area contributed by atoms with Crippen LogP contribution in [0.1, 0.15) is 17.7 Å². The molecule has 142 valence electrons. The van der Waals surface area contributed by atoms with Crippen molar-refractivity contribution in [3.05, 3.63) is 89.4 Å². The summed E-state index contributed by atoms with van der Waals surface area (Å²) in [4.78, 5) is 25.3. The van der Waals surface area contributed by atoms with Crippen molar-refractivity contribution < 1.29 is 9.59 Å². The Morgan fingerprint density at radius 2 is 1.61 bits per heavy atom. The van der Waals surface area contributed by atoms with Crippen LogP contribution in [0.5, 0.6) is 0 Å². The van der Waals surface area contributed by atoms with E-state index in [1.54, 1.807) is 12.1 Å². The van der Waals surface area contributed by atoms with Crippen LogP contribution >= 0.6 is 23.4 Å². The third kappa shape index (κ3) is 5.38. The fraction of sp³-hybridized carbons (Fsp3) is 0.0909. The fourth-order valence-electron chi connectivity index (χ4n) is 2.65. The molecule has 0 saturated heterocycles. The molecular formula is C22H19ClN2O2S. The molecule has 0 fully saturated rings. The van der Waals surface area contributed by atoms with E-state index in [-0.39, 0.29) is 11.8 Å². The van der Waals surface area contributed by atoms with Crippen molar-refractivity contribution in [3.8, 4) is 0 Å². The first kappa shape index (κ1) is 20.0. The Balaban J connectivity index is 1.87. The number of carbonyl (C=O) groups excluding carboxylic acids is 2. The van der Waals surface area contributed by atoms with Gasteiger partial charge in [0.15, 0.2) is 0 Å². The molecule has 6 heteroatoms. The van der Waals surface area contributed by atoms with Crippen molar-refractivity contribution in [2.75, 3.05) is 10.6 Å². The highest BCUT2D eigenvalue weighted by Gasteiger charge is 2.23. The smallest absolute Gasteiger partial charge is 0.242 e. The van der Waals surface area contributed by atoms with Gasteiger partial charge in [0.25, 0.3) is 0 Å². The number of nitrogens with one attached hydrogen (secondary N) is 2. The lowest BCUT2D eigenvalue weighted by Gasteiger charge is -2.18.